The zero-order valence-corrected chi connectivity index (χ0v) is 24.1. The average molecular weight is 547 g/mol. The Hall–Kier alpha value is -3.29. The van der Waals surface area contributed by atoms with Crippen LogP contribution in [0.2, 0.25) is 0 Å². The quantitative estimate of drug-likeness (QED) is 0.264. The Labute approximate surface area is 237 Å². The SMILES string of the molecule is CCCC1=C([C@H](O)CC/C(=C/c2cc(C)c(O)c(C)c2)c2ccccn2)[C@H](CO)[C@@H]2C(=O)N(CCC)C(=O)[C@@H]2C1. The van der Waals surface area contributed by atoms with Crippen LogP contribution in [0, 0.1) is 31.6 Å². The lowest BCUT2D eigenvalue weighted by Crippen LogP contribution is -2.39. The van der Waals surface area contributed by atoms with Gasteiger partial charge >= 0.3 is 0 Å². The minimum atomic E-state index is -0.863. The Balaban J connectivity index is 1.66. The van der Waals surface area contributed by atoms with Crippen molar-refractivity contribution in [2.45, 2.75) is 72.3 Å². The Morgan fingerprint density at radius 2 is 1.85 bits per heavy atom. The molecule has 2 heterocycles. The van der Waals surface area contributed by atoms with Gasteiger partial charge in [0.1, 0.15) is 5.75 Å². The minimum Gasteiger partial charge on any atom is -0.507 e. The van der Waals surface area contributed by atoms with E-state index in [0.717, 1.165) is 51.9 Å². The zero-order valence-electron chi connectivity index (χ0n) is 24.1. The summed E-state index contributed by atoms with van der Waals surface area (Å²) in [7, 11) is 0. The van der Waals surface area contributed by atoms with Gasteiger partial charge in [-0.25, -0.2) is 0 Å². The number of rotatable bonds is 11. The van der Waals surface area contributed by atoms with Crippen LogP contribution in [0.5, 0.6) is 5.75 Å². The third kappa shape index (κ3) is 5.91. The summed E-state index contributed by atoms with van der Waals surface area (Å²) in [6.45, 7) is 7.84. The number of aliphatic hydroxyl groups excluding tert-OH is 2. The number of imide groups is 1. The van der Waals surface area contributed by atoms with Crippen LogP contribution in [0.3, 0.4) is 0 Å². The number of carbonyl (C=O) groups is 2. The second-order valence-corrected chi connectivity index (χ2v) is 11.2. The van der Waals surface area contributed by atoms with Crippen molar-refractivity contribution in [2.24, 2.45) is 17.8 Å². The van der Waals surface area contributed by atoms with Crippen molar-refractivity contribution >= 4 is 23.5 Å². The lowest BCUT2D eigenvalue weighted by Gasteiger charge is -2.36. The van der Waals surface area contributed by atoms with Gasteiger partial charge in [-0.15, -0.1) is 0 Å². The molecule has 1 aromatic heterocycles. The maximum absolute atomic E-state index is 13.3. The molecule has 40 heavy (non-hydrogen) atoms. The van der Waals surface area contributed by atoms with Gasteiger partial charge < -0.3 is 15.3 Å². The summed E-state index contributed by atoms with van der Waals surface area (Å²) in [5.41, 5.74) is 6.00. The molecule has 1 aliphatic carbocycles. The number of aromatic hydroxyl groups is 1. The number of hydrogen-bond donors (Lipinski definition) is 3. The summed E-state index contributed by atoms with van der Waals surface area (Å²) < 4.78 is 0. The molecule has 7 heteroatoms. The first-order valence-corrected chi connectivity index (χ1v) is 14.5. The highest BCUT2D eigenvalue weighted by Crippen LogP contribution is 2.47. The standard InChI is InChI=1S/C33H42N2O5/c1-5-9-24-18-25-30(33(40)35(14-6-2)32(25)39)26(19-36)29(24)28(37)12-11-23(27-10-7-8-13-34-27)17-22-15-20(3)31(38)21(4)16-22/h7-8,10,13,15-17,25-26,28,30,36-38H,5-6,9,11-12,14,18-19H2,1-4H3/b23-17-/t25-,26+,28-,30-/m1/s1. The van der Waals surface area contributed by atoms with E-state index in [1.54, 1.807) is 6.20 Å². The number of fused-ring (bicyclic) bond motifs is 1. The molecule has 2 aliphatic rings. The Morgan fingerprint density at radius 1 is 1.12 bits per heavy atom. The van der Waals surface area contributed by atoms with Gasteiger partial charge in [0, 0.05) is 18.7 Å². The molecule has 0 bridgehead atoms. The van der Waals surface area contributed by atoms with Crippen LogP contribution >= 0.6 is 0 Å². The van der Waals surface area contributed by atoms with Gasteiger partial charge in [-0.05, 0) is 104 Å². The maximum Gasteiger partial charge on any atom is 0.233 e. The first-order chi connectivity index (χ1) is 19.2. The van der Waals surface area contributed by atoms with Gasteiger partial charge in [-0.1, -0.05) is 31.9 Å². The van der Waals surface area contributed by atoms with Gasteiger partial charge in [-0.3, -0.25) is 19.5 Å². The number of aliphatic hydroxyl groups is 2. The number of pyridine rings is 1. The highest BCUT2D eigenvalue weighted by Gasteiger charge is 2.54. The summed E-state index contributed by atoms with van der Waals surface area (Å²) in [5.74, 6) is -1.73. The van der Waals surface area contributed by atoms with E-state index in [1.165, 1.54) is 4.90 Å². The first kappa shape index (κ1) is 29.7. The minimum absolute atomic E-state index is 0.141. The smallest absolute Gasteiger partial charge is 0.233 e. The summed E-state index contributed by atoms with van der Waals surface area (Å²) >= 11 is 0. The van der Waals surface area contributed by atoms with Crippen LogP contribution in [-0.2, 0) is 9.59 Å². The molecular weight excluding hydrogens is 504 g/mol. The molecule has 0 radical (unpaired) electrons. The van der Waals surface area contributed by atoms with Gasteiger partial charge in [0.05, 0.1) is 30.2 Å². The largest absolute Gasteiger partial charge is 0.507 e. The molecule has 214 valence electrons. The van der Waals surface area contributed by atoms with Crippen molar-refractivity contribution in [3.05, 3.63) is 70.1 Å². The summed E-state index contributed by atoms with van der Waals surface area (Å²) in [6, 6.07) is 9.58. The van der Waals surface area contributed by atoms with E-state index in [0.29, 0.717) is 32.2 Å². The van der Waals surface area contributed by atoms with E-state index in [9.17, 15) is 24.9 Å². The third-order valence-electron chi connectivity index (χ3n) is 8.37. The van der Waals surface area contributed by atoms with Gasteiger partial charge in [-0.2, -0.15) is 0 Å². The van der Waals surface area contributed by atoms with E-state index in [-0.39, 0.29) is 24.2 Å². The molecule has 0 unspecified atom stereocenters. The number of nitrogens with zero attached hydrogens (tertiary/aromatic N) is 2. The number of hydrogen-bond acceptors (Lipinski definition) is 6. The molecule has 2 aromatic rings. The van der Waals surface area contributed by atoms with Crippen LogP contribution in [0.4, 0.5) is 0 Å². The Morgan fingerprint density at radius 3 is 2.45 bits per heavy atom. The molecule has 1 aliphatic heterocycles. The maximum atomic E-state index is 13.3. The molecule has 4 atom stereocenters. The molecular formula is C33H42N2O5. The number of phenols is 1. The van der Waals surface area contributed by atoms with Crippen molar-refractivity contribution in [1.29, 1.82) is 0 Å². The Bertz CT molecular complexity index is 1280. The second-order valence-electron chi connectivity index (χ2n) is 11.2. The number of benzene rings is 1. The summed E-state index contributed by atoms with van der Waals surface area (Å²) in [6.07, 6.45) is 6.53. The predicted molar refractivity (Wildman–Crippen MR) is 156 cm³/mol. The topological polar surface area (TPSA) is 111 Å². The fourth-order valence-electron chi connectivity index (χ4n) is 6.56. The number of aryl methyl sites for hydroxylation is 2. The lowest BCUT2D eigenvalue weighted by molar-refractivity contribution is -0.140. The molecule has 7 nitrogen and oxygen atoms in total. The first-order valence-electron chi connectivity index (χ1n) is 14.5. The van der Waals surface area contributed by atoms with E-state index in [1.807, 2.05) is 57.2 Å². The Kier molecular flexibility index (Phi) is 9.59. The predicted octanol–water partition coefficient (Wildman–Crippen LogP) is 5.21. The molecule has 2 amide bonds. The normalized spacial score (nSPS) is 22.2. The van der Waals surface area contributed by atoms with Crippen LogP contribution in [0.1, 0.15) is 74.8 Å². The van der Waals surface area contributed by atoms with Crippen molar-refractivity contribution in [3.8, 4) is 5.75 Å². The van der Waals surface area contributed by atoms with Crippen LogP contribution in [0.15, 0.2) is 47.7 Å². The van der Waals surface area contributed by atoms with Gasteiger partial charge in [0.2, 0.25) is 11.8 Å². The number of aromatic nitrogens is 1. The average Bonchev–Trinajstić information content (AvgIpc) is 3.18. The number of likely N-dealkylation sites (tertiary alicyclic amines) is 1. The molecule has 0 saturated carbocycles. The van der Waals surface area contributed by atoms with Gasteiger partial charge in [0.15, 0.2) is 0 Å². The molecule has 0 spiro atoms. The number of allylic oxidation sites excluding steroid dienone is 2. The molecule has 4 rings (SSSR count). The highest BCUT2D eigenvalue weighted by atomic mass is 16.3. The van der Waals surface area contributed by atoms with Crippen molar-refractivity contribution in [2.75, 3.05) is 13.2 Å². The fraction of sp³-hybridized carbons (Fsp3) is 0.485. The molecule has 3 N–H and O–H groups in total. The fourth-order valence-corrected chi connectivity index (χ4v) is 6.56. The molecule has 1 fully saturated rings. The number of amides is 2. The highest BCUT2D eigenvalue weighted by molar-refractivity contribution is 6.05. The lowest BCUT2D eigenvalue weighted by atomic mass is 9.67. The van der Waals surface area contributed by atoms with Crippen molar-refractivity contribution in [3.63, 3.8) is 0 Å². The number of phenolic OH excluding ortho intramolecular Hbond substituents is 1. The van der Waals surface area contributed by atoms with Crippen LogP contribution < -0.4 is 0 Å². The third-order valence-corrected chi connectivity index (χ3v) is 8.37. The van der Waals surface area contributed by atoms with Crippen LogP contribution in [-0.4, -0.2) is 56.3 Å². The monoisotopic (exact) mass is 546 g/mol. The zero-order chi connectivity index (χ0) is 29.0. The summed E-state index contributed by atoms with van der Waals surface area (Å²) in [4.78, 5) is 32.4. The second kappa shape index (κ2) is 12.9. The van der Waals surface area contributed by atoms with Gasteiger partial charge in [0.25, 0.3) is 0 Å². The van der Waals surface area contributed by atoms with E-state index < -0.39 is 23.9 Å². The number of carbonyl (C=O) groups excluding carboxylic acids is 2. The molecule has 1 aromatic carbocycles. The van der Waals surface area contributed by atoms with Crippen molar-refractivity contribution in [1.82, 2.24) is 9.88 Å². The van der Waals surface area contributed by atoms with E-state index in [2.05, 4.69) is 11.9 Å². The van der Waals surface area contributed by atoms with E-state index >= 15 is 0 Å². The summed E-state index contributed by atoms with van der Waals surface area (Å²) in [5, 5.41) is 32.4. The molecule has 1 saturated heterocycles. The van der Waals surface area contributed by atoms with E-state index in [4.69, 9.17) is 0 Å². The van der Waals surface area contributed by atoms with Crippen molar-refractivity contribution < 1.29 is 24.9 Å². The van der Waals surface area contributed by atoms with Crippen LogP contribution in [0.25, 0.3) is 11.6 Å².